The number of carbonyl (C=O) groups is 2. The molecule has 5 nitrogen and oxygen atoms in total. The van der Waals surface area contributed by atoms with Gasteiger partial charge in [-0.3, -0.25) is 14.5 Å². The van der Waals surface area contributed by atoms with Crippen molar-refractivity contribution in [1.29, 1.82) is 0 Å². The van der Waals surface area contributed by atoms with E-state index in [1.54, 1.807) is 38.5 Å². The van der Waals surface area contributed by atoms with Crippen LogP contribution in [0.5, 0.6) is 11.5 Å². The van der Waals surface area contributed by atoms with E-state index >= 15 is 0 Å². The van der Waals surface area contributed by atoms with Crippen LogP contribution in [0, 0.1) is 3.57 Å². The van der Waals surface area contributed by atoms with Gasteiger partial charge >= 0.3 is 0 Å². The molecule has 1 atom stereocenters. The Kier molecular flexibility index (Phi) is 4.38. The predicted molar refractivity (Wildman–Crippen MR) is 105 cm³/mol. The van der Waals surface area contributed by atoms with Crippen LogP contribution in [-0.4, -0.2) is 37.0 Å². The topological polar surface area (TPSA) is 55.8 Å². The maximum absolute atomic E-state index is 12.8. The zero-order chi connectivity index (χ0) is 18.4. The average Bonchev–Trinajstić information content (AvgIpc) is 2.91. The van der Waals surface area contributed by atoms with E-state index < -0.39 is 0 Å². The number of fused-ring (bicyclic) bond motifs is 2. The molecule has 2 aromatic rings. The van der Waals surface area contributed by atoms with Crippen molar-refractivity contribution < 1.29 is 19.1 Å². The van der Waals surface area contributed by atoms with Crippen LogP contribution in [0.1, 0.15) is 38.3 Å². The fourth-order valence-electron chi connectivity index (χ4n) is 4.00. The molecule has 4 rings (SSSR count). The normalized spacial score (nSPS) is 18.6. The molecule has 0 saturated carbocycles. The molecule has 0 aromatic heterocycles. The maximum atomic E-state index is 12.8. The highest BCUT2D eigenvalue weighted by atomic mass is 127. The zero-order valence-electron chi connectivity index (χ0n) is 14.5. The van der Waals surface area contributed by atoms with Crippen LogP contribution in [0.2, 0.25) is 0 Å². The van der Waals surface area contributed by atoms with Crippen molar-refractivity contribution in [2.24, 2.45) is 0 Å². The summed E-state index contributed by atoms with van der Waals surface area (Å²) < 4.78 is 12.1. The lowest BCUT2D eigenvalue weighted by Gasteiger charge is -2.32. The quantitative estimate of drug-likeness (QED) is 0.517. The van der Waals surface area contributed by atoms with E-state index in [1.807, 2.05) is 6.07 Å². The van der Waals surface area contributed by atoms with Crippen molar-refractivity contribution in [3.05, 3.63) is 56.2 Å². The molecule has 0 fully saturated rings. The van der Waals surface area contributed by atoms with E-state index in [0.29, 0.717) is 17.5 Å². The van der Waals surface area contributed by atoms with Crippen LogP contribution < -0.4 is 9.47 Å². The first-order valence-corrected chi connectivity index (χ1v) is 9.53. The van der Waals surface area contributed by atoms with Crippen molar-refractivity contribution in [2.75, 3.05) is 14.2 Å². The number of rotatable bonds is 3. The first-order chi connectivity index (χ1) is 12.6. The van der Waals surface area contributed by atoms with Crippen LogP contribution in [0.3, 0.4) is 0 Å². The minimum Gasteiger partial charge on any atom is -0.496 e. The number of ether oxygens (including phenoxy) is 2. The van der Waals surface area contributed by atoms with Crippen molar-refractivity contribution in [3.63, 3.8) is 0 Å². The van der Waals surface area contributed by atoms with Gasteiger partial charge in [-0.05, 0) is 60.1 Å². The van der Waals surface area contributed by atoms with Gasteiger partial charge in [0.05, 0.1) is 28.9 Å². The van der Waals surface area contributed by atoms with Gasteiger partial charge in [-0.15, -0.1) is 0 Å². The second-order valence-corrected chi connectivity index (χ2v) is 7.64. The van der Waals surface area contributed by atoms with Gasteiger partial charge in [0.25, 0.3) is 11.8 Å². The Hall–Kier alpha value is -2.09. The lowest BCUT2D eigenvalue weighted by atomic mass is 9.86. The van der Waals surface area contributed by atoms with Crippen LogP contribution in [0.15, 0.2) is 30.3 Å². The summed E-state index contributed by atoms with van der Waals surface area (Å²) in [5.41, 5.74) is 3.13. The molecule has 1 heterocycles. The Morgan fingerprint density at radius 2 is 1.69 bits per heavy atom. The van der Waals surface area contributed by atoms with Gasteiger partial charge in [-0.1, -0.05) is 12.1 Å². The van der Waals surface area contributed by atoms with Gasteiger partial charge < -0.3 is 9.47 Å². The van der Waals surface area contributed by atoms with Crippen molar-refractivity contribution in [2.45, 2.75) is 25.3 Å². The zero-order valence-corrected chi connectivity index (χ0v) is 16.7. The van der Waals surface area contributed by atoms with Crippen LogP contribution in [0.25, 0.3) is 0 Å². The molecule has 1 unspecified atom stereocenters. The summed E-state index contributed by atoms with van der Waals surface area (Å²) in [6, 6.07) is 8.82. The number of hydrogen-bond donors (Lipinski definition) is 0. The summed E-state index contributed by atoms with van der Waals surface area (Å²) >= 11 is 2.23. The standard InChI is InChI=1S/C20H18INO4/c1-25-17-10-16(21)18(26-2)15-9-11(7-8-12(15)17)22-19(23)13-5-3-4-6-14(13)20(22)24/h3-6,10-11H,7-9H2,1-2H3. The fraction of sp³-hybridized carbons (Fsp3) is 0.300. The van der Waals surface area contributed by atoms with Gasteiger partial charge in [0.15, 0.2) is 0 Å². The number of hydrogen-bond acceptors (Lipinski definition) is 4. The smallest absolute Gasteiger partial charge is 0.261 e. The number of carbonyl (C=O) groups excluding carboxylic acids is 2. The van der Waals surface area contributed by atoms with Crippen LogP contribution >= 0.6 is 22.6 Å². The summed E-state index contributed by atoms with van der Waals surface area (Å²) in [5.74, 6) is 1.25. The highest BCUT2D eigenvalue weighted by molar-refractivity contribution is 14.1. The Morgan fingerprint density at radius 1 is 1.04 bits per heavy atom. The monoisotopic (exact) mass is 463 g/mol. The summed E-state index contributed by atoms with van der Waals surface area (Å²) in [5, 5.41) is 0. The highest BCUT2D eigenvalue weighted by Crippen LogP contribution is 2.41. The first kappa shape index (κ1) is 17.3. The maximum Gasteiger partial charge on any atom is 0.261 e. The van der Waals surface area contributed by atoms with Gasteiger partial charge in [0, 0.05) is 17.2 Å². The molecule has 0 saturated heterocycles. The summed E-state index contributed by atoms with van der Waals surface area (Å²) in [6.07, 6.45) is 2.04. The van der Waals surface area contributed by atoms with E-state index in [9.17, 15) is 9.59 Å². The van der Waals surface area contributed by atoms with Gasteiger partial charge in [-0.25, -0.2) is 0 Å². The van der Waals surface area contributed by atoms with E-state index in [1.165, 1.54) is 4.90 Å². The molecule has 2 aliphatic rings. The summed E-state index contributed by atoms with van der Waals surface area (Å²) in [7, 11) is 3.31. The molecule has 0 N–H and O–H groups in total. The Morgan fingerprint density at radius 3 is 2.27 bits per heavy atom. The number of imide groups is 1. The molecular formula is C20H18INO4. The summed E-state index contributed by atoms with van der Waals surface area (Å²) in [4.78, 5) is 27.1. The SMILES string of the molecule is COc1cc(I)c(OC)c2c1CCC(N1C(=O)c3ccccc3C1=O)C2. The van der Waals surface area contributed by atoms with Crippen LogP contribution in [-0.2, 0) is 12.8 Å². The third-order valence-electron chi connectivity index (χ3n) is 5.19. The summed E-state index contributed by atoms with van der Waals surface area (Å²) in [6.45, 7) is 0. The van der Waals surface area contributed by atoms with Crippen LogP contribution in [0.4, 0.5) is 0 Å². The minimum atomic E-state index is -0.199. The third-order valence-corrected chi connectivity index (χ3v) is 5.99. The van der Waals surface area contributed by atoms with E-state index in [-0.39, 0.29) is 17.9 Å². The van der Waals surface area contributed by atoms with Gasteiger partial charge in [0.1, 0.15) is 11.5 Å². The van der Waals surface area contributed by atoms with E-state index in [4.69, 9.17) is 9.47 Å². The first-order valence-electron chi connectivity index (χ1n) is 8.46. The second-order valence-electron chi connectivity index (χ2n) is 6.47. The molecular weight excluding hydrogens is 445 g/mol. The number of methoxy groups -OCH3 is 2. The lowest BCUT2D eigenvalue weighted by molar-refractivity contribution is 0.0570. The van der Waals surface area contributed by atoms with Gasteiger partial charge in [0.2, 0.25) is 0 Å². The predicted octanol–water partition coefficient (Wildman–Crippen LogP) is 3.46. The van der Waals surface area contributed by atoms with Crippen molar-refractivity contribution in [3.8, 4) is 11.5 Å². The number of benzene rings is 2. The van der Waals surface area contributed by atoms with E-state index in [2.05, 4.69) is 22.6 Å². The fourth-order valence-corrected chi connectivity index (χ4v) is 4.83. The second kappa shape index (κ2) is 6.57. The number of halogens is 1. The van der Waals surface area contributed by atoms with Crippen molar-refractivity contribution in [1.82, 2.24) is 4.90 Å². The average molecular weight is 463 g/mol. The van der Waals surface area contributed by atoms with E-state index in [0.717, 1.165) is 39.0 Å². The number of nitrogens with zero attached hydrogens (tertiary/aromatic N) is 1. The molecule has 0 bridgehead atoms. The largest absolute Gasteiger partial charge is 0.496 e. The minimum absolute atomic E-state index is 0.174. The third kappa shape index (κ3) is 2.50. The van der Waals surface area contributed by atoms with Gasteiger partial charge in [-0.2, -0.15) is 0 Å². The molecule has 26 heavy (non-hydrogen) atoms. The lowest BCUT2D eigenvalue weighted by Crippen LogP contribution is -2.43. The molecule has 2 aromatic carbocycles. The molecule has 2 amide bonds. The molecule has 134 valence electrons. The Labute approximate surface area is 165 Å². The molecule has 1 aliphatic heterocycles. The molecule has 0 radical (unpaired) electrons. The molecule has 1 aliphatic carbocycles. The highest BCUT2D eigenvalue weighted by Gasteiger charge is 2.41. The Balaban J connectivity index is 1.73. The van der Waals surface area contributed by atoms with Crippen molar-refractivity contribution >= 4 is 34.4 Å². The molecule has 6 heteroatoms. The Bertz CT molecular complexity index is 889. The molecule has 0 spiro atoms. The number of amides is 2.